The maximum absolute atomic E-state index is 13.3. The normalized spacial score (nSPS) is 21.7. The molecule has 0 heterocycles. The number of carbonyl (C=O) groups is 3. The Morgan fingerprint density at radius 2 is 0.578 bits per heavy atom. The molecule has 0 saturated heterocycles. The molecule has 1 aliphatic carbocycles. The minimum absolute atomic E-state index is 0.231. The van der Waals surface area contributed by atoms with Crippen molar-refractivity contribution in [1.29, 1.82) is 0 Å². The minimum Gasteiger partial charge on any atom is -0.461 e. The molecule has 0 atom stereocenters. The van der Waals surface area contributed by atoms with E-state index in [1.807, 2.05) is 41.5 Å². The summed E-state index contributed by atoms with van der Waals surface area (Å²) in [6.45, 7) is 18.8. The van der Waals surface area contributed by atoms with Gasteiger partial charge in [-0.1, -0.05) is 159 Å². The summed E-state index contributed by atoms with van der Waals surface area (Å²) in [6.07, 6.45) is 19.0. The van der Waals surface area contributed by atoms with Crippen LogP contribution in [0.5, 0.6) is 0 Å². The summed E-state index contributed by atoms with van der Waals surface area (Å²) in [5.41, 5.74) is -2.08. The fourth-order valence-electron chi connectivity index (χ4n) is 7.92. The van der Waals surface area contributed by atoms with Crippen LogP contribution in [-0.2, 0) is 28.6 Å². The second kappa shape index (κ2) is 21.3. The van der Waals surface area contributed by atoms with Gasteiger partial charge in [0.25, 0.3) is 0 Å². The smallest absolute Gasteiger partial charge is 0.306 e. The van der Waals surface area contributed by atoms with Gasteiger partial charge in [-0.2, -0.15) is 0 Å². The van der Waals surface area contributed by atoms with E-state index in [0.717, 1.165) is 57.8 Å². The first-order valence-electron chi connectivity index (χ1n) is 18.8. The van der Waals surface area contributed by atoms with Crippen LogP contribution in [-0.4, -0.2) is 36.2 Å². The van der Waals surface area contributed by atoms with Crippen LogP contribution >= 0.6 is 0 Å². The second-order valence-electron chi connectivity index (χ2n) is 15.6. The van der Waals surface area contributed by atoms with Gasteiger partial charge in [0.2, 0.25) is 0 Å². The highest BCUT2D eigenvalue weighted by Gasteiger charge is 2.66. The van der Waals surface area contributed by atoms with Gasteiger partial charge in [-0.15, -0.1) is 0 Å². The topological polar surface area (TPSA) is 78.9 Å². The Kier molecular flexibility index (Phi) is 19.6. The van der Waals surface area contributed by atoms with E-state index in [2.05, 4.69) is 20.8 Å². The molecule has 45 heavy (non-hydrogen) atoms. The maximum atomic E-state index is 13.3. The summed E-state index contributed by atoms with van der Waals surface area (Å²) >= 11 is 0. The number of carbonyl (C=O) groups excluding carboxylic acids is 3. The van der Waals surface area contributed by atoms with Crippen LogP contribution in [0.15, 0.2) is 0 Å². The number of esters is 3. The molecular weight excluding hydrogens is 564 g/mol. The molecule has 0 N–H and O–H groups in total. The van der Waals surface area contributed by atoms with Gasteiger partial charge in [0, 0.05) is 35.5 Å². The highest BCUT2D eigenvalue weighted by molar-refractivity contribution is 5.71. The predicted molar refractivity (Wildman–Crippen MR) is 185 cm³/mol. The Balaban J connectivity index is 3.11. The van der Waals surface area contributed by atoms with Gasteiger partial charge in [-0.25, -0.2) is 0 Å². The fourth-order valence-corrected chi connectivity index (χ4v) is 7.92. The van der Waals surface area contributed by atoms with Crippen molar-refractivity contribution in [3.05, 3.63) is 0 Å². The third-order valence-corrected chi connectivity index (χ3v) is 10.0. The first kappa shape index (κ1) is 41.4. The zero-order valence-corrected chi connectivity index (χ0v) is 31.0. The van der Waals surface area contributed by atoms with Crippen LogP contribution < -0.4 is 0 Å². The van der Waals surface area contributed by atoms with Gasteiger partial charge in [0.15, 0.2) is 0 Å². The highest BCUT2D eigenvalue weighted by atomic mass is 16.6. The Hall–Kier alpha value is -1.59. The number of hydrogen-bond donors (Lipinski definition) is 0. The van der Waals surface area contributed by atoms with Crippen LogP contribution in [0.3, 0.4) is 0 Å². The highest BCUT2D eigenvalue weighted by Crippen LogP contribution is 2.58. The van der Waals surface area contributed by atoms with Crippen molar-refractivity contribution < 1.29 is 28.6 Å². The van der Waals surface area contributed by atoms with E-state index in [1.165, 1.54) is 57.8 Å². The molecule has 1 aliphatic rings. The molecule has 6 heteroatoms. The largest absolute Gasteiger partial charge is 0.461 e. The van der Waals surface area contributed by atoms with Crippen molar-refractivity contribution in [2.75, 3.05) is 0 Å². The van der Waals surface area contributed by atoms with E-state index in [1.54, 1.807) is 0 Å². The van der Waals surface area contributed by atoms with Gasteiger partial charge < -0.3 is 14.2 Å². The Labute approximate surface area is 277 Å². The van der Waals surface area contributed by atoms with E-state index in [0.29, 0.717) is 19.3 Å². The minimum atomic E-state index is -0.692. The molecule has 0 bridgehead atoms. The Morgan fingerprint density at radius 3 is 0.800 bits per heavy atom. The summed E-state index contributed by atoms with van der Waals surface area (Å²) < 4.78 is 19.0. The third-order valence-electron chi connectivity index (χ3n) is 10.0. The molecule has 264 valence electrons. The summed E-state index contributed by atoms with van der Waals surface area (Å²) in [4.78, 5) is 39.8. The summed E-state index contributed by atoms with van der Waals surface area (Å²) in [6, 6.07) is 0. The molecule has 1 saturated carbocycles. The lowest BCUT2D eigenvalue weighted by Crippen LogP contribution is -2.69. The van der Waals surface area contributed by atoms with Gasteiger partial charge in [0.05, 0.1) is 0 Å². The van der Waals surface area contributed by atoms with Gasteiger partial charge in [-0.3, -0.25) is 14.4 Å². The van der Waals surface area contributed by atoms with Crippen LogP contribution in [0.1, 0.15) is 197 Å². The number of unbranched alkanes of at least 4 members (excludes halogenated alkanes) is 15. The van der Waals surface area contributed by atoms with E-state index in [-0.39, 0.29) is 17.9 Å². The van der Waals surface area contributed by atoms with Gasteiger partial charge in [0.1, 0.15) is 18.3 Å². The maximum Gasteiger partial charge on any atom is 0.306 e. The monoisotopic (exact) mass is 637 g/mol. The van der Waals surface area contributed by atoms with Gasteiger partial charge >= 0.3 is 17.9 Å². The van der Waals surface area contributed by atoms with Crippen LogP contribution in [0.4, 0.5) is 0 Å². The second-order valence-corrected chi connectivity index (χ2v) is 15.6. The molecule has 0 aromatic heterocycles. The molecule has 0 radical (unpaired) electrons. The van der Waals surface area contributed by atoms with Gasteiger partial charge in [-0.05, 0) is 19.3 Å². The van der Waals surface area contributed by atoms with Crippen molar-refractivity contribution in [2.24, 2.45) is 16.2 Å². The lowest BCUT2D eigenvalue weighted by molar-refractivity contribution is -0.267. The third kappa shape index (κ3) is 14.0. The number of ether oxygens (including phenoxy) is 3. The van der Waals surface area contributed by atoms with Crippen LogP contribution in [0.2, 0.25) is 0 Å². The average molecular weight is 637 g/mol. The summed E-state index contributed by atoms with van der Waals surface area (Å²) in [5.74, 6) is -0.693. The molecular formula is C39H72O6. The Bertz CT molecular complexity index is 717. The molecule has 0 spiro atoms. The quantitative estimate of drug-likeness (QED) is 0.0596. The number of hydrogen-bond acceptors (Lipinski definition) is 6. The van der Waals surface area contributed by atoms with Crippen LogP contribution in [0, 0.1) is 16.2 Å². The molecule has 0 aromatic carbocycles. The first-order valence-corrected chi connectivity index (χ1v) is 18.8. The van der Waals surface area contributed by atoms with Crippen molar-refractivity contribution in [3.8, 4) is 0 Å². The lowest BCUT2D eigenvalue weighted by Gasteiger charge is -2.61. The molecule has 1 rings (SSSR count). The molecule has 6 nitrogen and oxygen atoms in total. The van der Waals surface area contributed by atoms with E-state index < -0.39 is 34.6 Å². The molecule has 0 amide bonds. The van der Waals surface area contributed by atoms with Crippen LogP contribution in [0.25, 0.3) is 0 Å². The van der Waals surface area contributed by atoms with Crippen molar-refractivity contribution in [3.63, 3.8) is 0 Å². The first-order chi connectivity index (χ1) is 21.3. The van der Waals surface area contributed by atoms with Crippen molar-refractivity contribution in [2.45, 2.75) is 215 Å². The molecule has 0 aromatic rings. The zero-order chi connectivity index (χ0) is 33.9. The summed E-state index contributed by atoms with van der Waals surface area (Å²) in [5, 5.41) is 0. The molecule has 0 aliphatic heterocycles. The number of rotatable bonds is 24. The summed E-state index contributed by atoms with van der Waals surface area (Å²) in [7, 11) is 0. The Morgan fingerprint density at radius 1 is 0.378 bits per heavy atom. The molecule has 1 fully saturated rings. The fraction of sp³-hybridized carbons (Fsp3) is 0.923. The predicted octanol–water partition coefficient (Wildman–Crippen LogP) is 11.1. The van der Waals surface area contributed by atoms with Crippen molar-refractivity contribution in [1.82, 2.24) is 0 Å². The van der Waals surface area contributed by atoms with Crippen molar-refractivity contribution >= 4 is 17.9 Å². The van der Waals surface area contributed by atoms with E-state index >= 15 is 0 Å². The average Bonchev–Trinajstić information content (AvgIpc) is 2.97. The molecule has 0 unspecified atom stereocenters. The SMILES string of the molecule is CCCCCCCCC(=O)OC1C(C)(C)C(OC(=O)CCCCCCCC)C(C)(C)C(OC(=O)CCCCCCCC)C1(C)C. The lowest BCUT2D eigenvalue weighted by atomic mass is 9.51. The standard InChI is InChI=1S/C39H72O6/c1-10-13-16-19-22-25-28-31(40)43-34-37(4,5)35(44-32(41)29-26-23-20-17-14-11-2)39(8,9)36(38(34,6)7)45-33(42)30-27-24-21-18-15-12-3/h34-36H,10-30H2,1-9H3. The van der Waals surface area contributed by atoms with E-state index in [9.17, 15) is 14.4 Å². The zero-order valence-electron chi connectivity index (χ0n) is 31.0. The van der Waals surface area contributed by atoms with E-state index in [4.69, 9.17) is 14.2 Å².